The summed E-state index contributed by atoms with van der Waals surface area (Å²) in [6, 6.07) is 15.3. The molecule has 0 amide bonds. The van der Waals surface area contributed by atoms with E-state index in [9.17, 15) is 9.90 Å². The average Bonchev–Trinajstić information content (AvgIpc) is 3.26. The van der Waals surface area contributed by atoms with Crippen LogP contribution in [0.25, 0.3) is 10.9 Å². The lowest BCUT2D eigenvalue weighted by molar-refractivity contribution is 0.0697. The van der Waals surface area contributed by atoms with Crippen LogP contribution in [0.3, 0.4) is 0 Å². The number of benzene rings is 1. The average molecular weight is 470 g/mol. The van der Waals surface area contributed by atoms with E-state index in [1.165, 1.54) is 16.5 Å². The summed E-state index contributed by atoms with van der Waals surface area (Å²) in [5.41, 5.74) is 4.93. The number of carbonyl (C=O) groups is 1. The Labute approximate surface area is 205 Å². The first kappa shape index (κ1) is 23.1. The second-order valence-electron chi connectivity index (χ2n) is 9.32. The largest absolute Gasteiger partial charge is 0.478 e. The molecule has 7 heteroatoms. The Morgan fingerprint density at radius 1 is 1.11 bits per heavy atom. The van der Waals surface area contributed by atoms with Gasteiger partial charge in [-0.15, -0.1) is 0 Å². The summed E-state index contributed by atoms with van der Waals surface area (Å²) >= 11 is 0. The third kappa shape index (κ3) is 5.20. The molecule has 0 saturated carbocycles. The fourth-order valence-corrected chi connectivity index (χ4v) is 5.05. The van der Waals surface area contributed by atoms with Gasteiger partial charge in [-0.3, -0.25) is 9.97 Å². The van der Waals surface area contributed by atoms with Crippen molar-refractivity contribution in [2.45, 2.75) is 25.3 Å². The van der Waals surface area contributed by atoms with Crippen molar-refractivity contribution in [3.8, 4) is 0 Å². The van der Waals surface area contributed by atoms with Gasteiger partial charge in [0.05, 0.1) is 23.3 Å². The Hall–Kier alpha value is -3.71. The van der Waals surface area contributed by atoms with Gasteiger partial charge in [0.15, 0.2) is 0 Å². The molecule has 0 spiro atoms. The van der Waals surface area contributed by atoms with Crippen LogP contribution < -0.4 is 4.90 Å². The molecule has 1 aliphatic rings. The highest BCUT2D eigenvalue weighted by Crippen LogP contribution is 2.34. The smallest absolute Gasteiger partial charge is 0.335 e. The molecule has 0 bridgehead atoms. The summed E-state index contributed by atoms with van der Waals surface area (Å²) in [5.74, 6) is -0.369. The molecule has 35 heavy (non-hydrogen) atoms. The molecule has 0 atom stereocenters. The van der Waals surface area contributed by atoms with E-state index >= 15 is 0 Å². The number of likely N-dealkylation sites (tertiary alicyclic amines) is 1. The van der Waals surface area contributed by atoms with E-state index in [1.807, 2.05) is 43.8 Å². The number of hydrogen-bond donors (Lipinski definition) is 1. The third-order valence-electron chi connectivity index (χ3n) is 7.08. The van der Waals surface area contributed by atoms with Gasteiger partial charge in [0.1, 0.15) is 0 Å². The molecular weight excluding hydrogens is 438 g/mol. The van der Waals surface area contributed by atoms with Gasteiger partial charge in [0, 0.05) is 56.0 Å². The molecule has 5 rings (SSSR count). The Balaban J connectivity index is 1.22. The summed E-state index contributed by atoms with van der Waals surface area (Å²) in [5, 5.41) is 10.5. The molecule has 1 fully saturated rings. The number of aromatic nitrogens is 3. The second-order valence-corrected chi connectivity index (χ2v) is 9.32. The first-order chi connectivity index (χ1) is 17.1. The normalized spacial score (nSPS) is 14.9. The highest BCUT2D eigenvalue weighted by atomic mass is 16.4. The van der Waals surface area contributed by atoms with Crippen molar-refractivity contribution in [1.29, 1.82) is 0 Å². The van der Waals surface area contributed by atoms with Crippen LogP contribution in [-0.4, -0.2) is 63.7 Å². The van der Waals surface area contributed by atoms with E-state index in [2.05, 4.69) is 42.7 Å². The number of anilines is 1. The number of carboxylic acids is 1. The van der Waals surface area contributed by atoms with Crippen LogP contribution in [0.5, 0.6) is 0 Å². The monoisotopic (exact) mass is 469 g/mol. The molecule has 4 aromatic rings. The van der Waals surface area contributed by atoms with Crippen LogP contribution in [0, 0.1) is 0 Å². The fourth-order valence-electron chi connectivity index (χ4n) is 5.05. The number of piperidine rings is 1. The highest BCUT2D eigenvalue weighted by molar-refractivity contribution is 5.88. The van der Waals surface area contributed by atoms with Gasteiger partial charge in [-0.1, -0.05) is 12.1 Å². The predicted molar refractivity (Wildman–Crippen MR) is 138 cm³/mol. The maximum Gasteiger partial charge on any atom is 0.335 e. The Morgan fingerprint density at radius 2 is 1.97 bits per heavy atom. The van der Waals surface area contributed by atoms with Gasteiger partial charge in [0.25, 0.3) is 0 Å². The molecule has 1 aromatic carbocycles. The quantitative estimate of drug-likeness (QED) is 0.410. The Kier molecular flexibility index (Phi) is 6.77. The van der Waals surface area contributed by atoms with Gasteiger partial charge in [-0.25, -0.2) is 4.79 Å². The molecule has 180 valence electrons. The molecule has 4 heterocycles. The zero-order chi connectivity index (χ0) is 24.2. The van der Waals surface area contributed by atoms with Crippen LogP contribution in [0.2, 0.25) is 0 Å². The van der Waals surface area contributed by atoms with Crippen molar-refractivity contribution < 1.29 is 9.90 Å². The summed E-state index contributed by atoms with van der Waals surface area (Å²) in [6.45, 7) is 4.70. The fraction of sp³-hybridized carbons (Fsp3) is 0.321. The molecule has 3 aromatic heterocycles. The van der Waals surface area contributed by atoms with Crippen LogP contribution >= 0.6 is 0 Å². The number of aromatic carboxylic acids is 1. The van der Waals surface area contributed by atoms with E-state index in [0.29, 0.717) is 11.5 Å². The van der Waals surface area contributed by atoms with Crippen molar-refractivity contribution in [3.63, 3.8) is 0 Å². The summed E-state index contributed by atoms with van der Waals surface area (Å²) in [6.07, 6.45) is 10.3. The SMILES string of the molecule is CN(CCN1CCC(c2cn(Cc3ccccn3)c3ccncc23)CC1)c1cccc(C(=O)O)c1. The first-order valence-electron chi connectivity index (χ1n) is 12.2. The third-order valence-corrected chi connectivity index (χ3v) is 7.08. The van der Waals surface area contributed by atoms with Crippen molar-refractivity contribution in [2.75, 3.05) is 38.1 Å². The zero-order valence-corrected chi connectivity index (χ0v) is 20.0. The number of fused-ring (bicyclic) bond motifs is 1. The van der Waals surface area contributed by atoms with Crippen molar-refractivity contribution in [2.24, 2.45) is 0 Å². The standard InChI is InChI=1S/C28H31N5O2/c1-31(24-7-4-5-22(17-24)28(34)35)15-16-32-13-9-21(10-14-32)26-20-33(19-23-6-2-3-11-30-23)27-8-12-29-18-25(26)27/h2-8,11-12,17-18,20-21H,9-10,13-16,19H2,1H3,(H,34,35). The lowest BCUT2D eigenvalue weighted by Gasteiger charge is -2.33. The minimum atomic E-state index is -0.890. The molecule has 1 N–H and O–H groups in total. The van der Waals surface area contributed by atoms with Gasteiger partial charge >= 0.3 is 5.97 Å². The number of carboxylic acid groups (broad SMARTS) is 1. The van der Waals surface area contributed by atoms with Crippen molar-refractivity contribution in [1.82, 2.24) is 19.4 Å². The zero-order valence-electron chi connectivity index (χ0n) is 20.0. The van der Waals surface area contributed by atoms with Gasteiger partial charge in [0.2, 0.25) is 0 Å². The molecule has 0 aliphatic carbocycles. The number of hydrogen-bond acceptors (Lipinski definition) is 5. The number of pyridine rings is 2. The van der Waals surface area contributed by atoms with E-state index in [4.69, 9.17) is 0 Å². The first-order valence-corrected chi connectivity index (χ1v) is 12.2. The highest BCUT2D eigenvalue weighted by Gasteiger charge is 2.24. The van der Waals surface area contributed by atoms with Gasteiger partial charge in [-0.05, 0) is 73.8 Å². The Bertz CT molecular complexity index is 1300. The van der Waals surface area contributed by atoms with Crippen molar-refractivity contribution >= 4 is 22.6 Å². The number of nitrogens with zero attached hydrogens (tertiary/aromatic N) is 5. The van der Waals surface area contributed by atoms with E-state index in [-0.39, 0.29) is 0 Å². The molecule has 0 radical (unpaired) electrons. The molecule has 7 nitrogen and oxygen atoms in total. The van der Waals surface area contributed by atoms with Gasteiger partial charge in [-0.2, -0.15) is 0 Å². The summed E-state index contributed by atoms with van der Waals surface area (Å²) in [4.78, 5) is 24.8. The van der Waals surface area contributed by atoms with E-state index in [1.54, 1.807) is 18.2 Å². The van der Waals surface area contributed by atoms with Crippen molar-refractivity contribution in [3.05, 3.63) is 90.1 Å². The number of rotatable bonds is 8. The van der Waals surface area contributed by atoms with E-state index < -0.39 is 5.97 Å². The predicted octanol–water partition coefficient (Wildman–Crippen LogP) is 4.49. The Morgan fingerprint density at radius 3 is 2.74 bits per heavy atom. The van der Waals surface area contributed by atoms with E-state index in [0.717, 1.165) is 56.9 Å². The van der Waals surface area contributed by atoms with Crippen LogP contribution in [-0.2, 0) is 6.54 Å². The molecule has 1 aliphatic heterocycles. The maximum absolute atomic E-state index is 11.3. The summed E-state index contributed by atoms with van der Waals surface area (Å²) in [7, 11) is 2.02. The molecule has 0 unspecified atom stereocenters. The molecular formula is C28H31N5O2. The minimum absolute atomic E-state index is 0.326. The topological polar surface area (TPSA) is 74.5 Å². The summed E-state index contributed by atoms with van der Waals surface area (Å²) < 4.78 is 2.31. The van der Waals surface area contributed by atoms with Crippen LogP contribution in [0.1, 0.15) is 40.4 Å². The van der Waals surface area contributed by atoms with Gasteiger partial charge < -0.3 is 19.5 Å². The number of likely N-dealkylation sites (N-methyl/N-ethyl adjacent to an activating group) is 1. The van der Waals surface area contributed by atoms with Crippen LogP contribution in [0.15, 0.2) is 73.3 Å². The maximum atomic E-state index is 11.3. The lowest BCUT2D eigenvalue weighted by Crippen LogP contribution is -2.38. The van der Waals surface area contributed by atoms with Crippen LogP contribution in [0.4, 0.5) is 5.69 Å². The minimum Gasteiger partial charge on any atom is -0.478 e. The molecule has 1 saturated heterocycles. The second kappa shape index (κ2) is 10.3. The lowest BCUT2D eigenvalue weighted by atomic mass is 9.89.